The third kappa shape index (κ3) is 2.01. The molecule has 0 spiro atoms. The van der Waals surface area contributed by atoms with Crippen LogP contribution in [0.1, 0.15) is 42.5 Å². The van der Waals surface area contributed by atoms with Crippen LogP contribution in [0.5, 0.6) is 0 Å². The first-order valence-corrected chi connectivity index (χ1v) is 6.35. The normalized spacial score (nSPS) is 33.2. The van der Waals surface area contributed by atoms with E-state index in [0.29, 0.717) is 12.0 Å². The van der Waals surface area contributed by atoms with Gasteiger partial charge in [-0.15, -0.1) is 11.3 Å². The maximum absolute atomic E-state index is 6.19. The summed E-state index contributed by atoms with van der Waals surface area (Å²) in [6.07, 6.45) is 3.78. The molecular formula is C12H19NS. The Kier molecular flexibility index (Phi) is 2.93. The molecule has 1 aromatic rings. The van der Waals surface area contributed by atoms with Gasteiger partial charge in [-0.05, 0) is 49.1 Å². The van der Waals surface area contributed by atoms with Crippen molar-refractivity contribution in [2.75, 3.05) is 0 Å². The van der Waals surface area contributed by atoms with Gasteiger partial charge in [0.25, 0.3) is 0 Å². The Morgan fingerprint density at radius 2 is 2.21 bits per heavy atom. The molecule has 2 rings (SSSR count). The van der Waals surface area contributed by atoms with E-state index in [0.717, 1.165) is 5.92 Å². The Bertz CT molecular complexity index is 305. The molecule has 2 heteroatoms. The van der Waals surface area contributed by atoms with Gasteiger partial charge in [0.05, 0.1) is 0 Å². The number of rotatable bonds is 1. The van der Waals surface area contributed by atoms with Crippen LogP contribution >= 0.6 is 11.3 Å². The predicted octanol–water partition coefficient (Wildman–Crippen LogP) is 3.29. The second kappa shape index (κ2) is 4.03. The molecule has 0 aromatic carbocycles. The average Bonchev–Trinajstić information content (AvgIpc) is 2.56. The standard InChI is InChI=1S/C12H19NS/c1-8-3-4-12(13)11(5-8)10-6-9(2)14-7-10/h6-8,11-12H,3-5,13H2,1-2H3. The van der Waals surface area contributed by atoms with Gasteiger partial charge >= 0.3 is 0 Å². The van der Waals surface area contributed by atoms with E-state index in [-0.39, 0.29) is 0 Å². The number of nitrogens with two attached hydrogens (primary N) is 1. The topological polar surface area (TPSA) is 26.0 Å². The van der Waals surface area contributed by atoms with E-state index in [1.54, 1.807) is 0 Å². The summed E-state index contributed by atoms with van der Waals surface area (Å²) in [5.41, 5.74) is 7.67. The quantitative estimate of drug-likeness (QED) is 0.754. The van der Waals surface area contributed by atoms with Gasteiger partial charge in [0.2, 0.25) is 0 Å². The van der Waals surface area contributed by atoms with Gasteiger partial charge < -0.3 is 5.73 Å². The van der Waals surface area contributed by atoms with Crippen LogP contribution in [0, 0.1) is 12.8 Å². The van der Waals surface area contributed by atoms with E-state index < -0.39 is 0 Å². The van der Waals surface area contributed by atoms with E-state index in [1.807, 2.05) is 11.3 Å². The lowest BCUT2D eigenvalue weighted by molar-refractivity contribution is 0.306. The lowest BCUT2D eigenvalue weighted by Gasteiger charge is -2.32. The molecule has 1 fully saturated rings. The highest BCUT2D eigenvalue weighted by molar-refractivity contribution is 7.10. The molecule has 0 amide bonds. The summed E-state index contributed by atoms with van der Waals surface area (Å²) in [4.78, 5) is 1.41. The zero-order valence-electron chi connectivity index (χ0n) is 8.99. The van der Waals surface area contributed by atoms with Crippen LogP contribution in [-0.4, -0.2) is 6.04 Å². The minimum absolute atomic E-state index is 0.389. The van der Waals surface area contributed by atoms with Crippen molar-refractivity contribution in [2.45, 2.75) is 45.1 Å². The van der Waals surface area contributed by atoms with Crippen LogP contribution in [0.2, 0.25) is 0 Å². The van der Waals surface area contributed by atoms with Crippen molar-refractivity contribution in [1.82, 2.24) is 0 Å². The van der Waals surface area contributed by atoms with Crippen LogP contribution < -0.4 is 5.73 Å². The molecule has 1 saturated carbocycles. The van der Waals surface area contributed by atoms with Gasteiger partial charge in [0.15, 0.2) is 0 Å². The summed E-state index contributed by atoms with van der Waals surface area (Å²) in [6.45, 7) is 4.52. The zero-order valence-corrected chi connectivity index (χ0v) is 9.81. The molecular weight excluding hydrogens is 190 g/mol. The van der Waals surface area contributed by atoms with Crippen LogP contribution in [0.25, 0.3) is 0 Å². The van der Waals surface area contributed by atoms with Crippen LogP contribution in [0.4, 0.5) is 0 Å². The molecule has 1 aliphatic rings. The van der Waals surface area contributed by atoms with Crippen molar-refractivity contribution in [3.8, 4) is 0 Å². The smallest absolute Gasteiger partial charge is 0.0108 e. The molecule has 78 valence electrons. The molecule has 0 saturated heterocycles. The second-order valence-electron chi connectivity index (χ2n) is 4.68. The van der Waals surface area contributed by atoms with Gasteiger partial charge in [-0.25, -0.2) is 0 Å². The Hall–Kier alpha value is -0.340. The van der Waals surface area contributed by atoms with Crippen molar-refractivity contribution in [1.29, 1.82) is 0 Å². The van der Waals surface area contributed by atoms with Gasteiger partial charge in [-0.2, -0.15) is 0 Å². The number of hydrogen-bond acceptors (Lipinski definition) is 2. The molecule has 14 heavy (non-hydrogen) atoms. The van der Waals surface area contributed by atoms with E-state index in [1.165, 1.54) is 29.7 Å². The predicted molar refractivity (Wildman–Crippen MR) is 62.8 cm³/mol. The van der Waals surface area contributed by atoms with E-state index in [2.05, 4.69) is 25.3 Å². The molecule has 3 atom stereocenters. The minimum Gasteiger partial charge on any atom is -0.327 e. The van der Waals surface area contributed by atoms with Crippen molar-refractivity contribution >= 4 is 11.3 Å². The lowest BCUT2D eigenvalue weighted by atomic mass is 9.76. The fraction of sp³-hybridized carbons (Fsp3) is 0.667. The maximum Gasteiger partial charge on any atom is 0.0108 e. The number of aryl methyl sites for hydroxylation is 1. The van der Waals surface area contributed by atoms with Crippen molar-refractivity contribution in [2.24, 2.45) is 11.7 Å². The first kappa shape index (κ1) is 10.2. The van der Waals surface area contributed by atoms with Crippen molar-refractivity contribution < 1.29 is 0 Å². The van der Waals surface area contributed by atoms with Gasteiger partial charge in [0, 0.05) is 16.8 Å². The fourth-order valence-electron chi connectivity index (χ4n) is 2.45. The summed E-state index contributed by atoms with van der Waals surface area (Å²) in [7, 11) is 0. The highest BCUT2D eigenvalue weighted by Gasteiger charge is 2.27. The molecule has 1 heterocycles. The highest BCUT2D eigenvalue weighted by Crippen LogP contribution is 2.36. The van der Waals surface area contributed by atoms with Crippen LogP contribution in [-0.2, 0) is 0 Å². The largest absolute Gasteiger partial charge is 0.327 e. The van der Waals surface area contributed by atoms with Crippen molar-refractivity contribution in [3.05, 3.63) is 21.9 Å². The van der Waals surface area contributed by atoms with E-state index in [4.69, 9.17) is 5.73 Å². The lowest BCUT2D eigenvalue weighted by Crippen LogP contribution is -2.33. The monoisotopic (exact) mass is 209 g/mol. The number of hydrogen-bond donors (Lipinski definition) is 1. The molecule has 0 radical (unpaired) electrons. The summed E-state index contributed by atoms with van der Waals surface area (Å²) in [5.74, 6) is 1.46. The molecule has 1 aliphatic carbocycles. The summed E-state index contributed by atoms with van der Waals surface area (Å²) in [6, 6.07) is 2.70. The van der Waals surface area contributed by atoms with Gasteiger partial charge in [-0.1, -0.05) is 6.92 Å². The van der Waals surface area contributed by atoms with Crippen LogP contribution in [0.15, 0.2) is 11.4 Å². The Morgan fingerprint density at radius 1 is 1.43 bits per heavy atom. The SMILES string of the molecule is Cc1cc(C2CC(C)CCC2N)cs1. The van der Waals surface area contributed by atoms with Gasteiger partial charge in [0.1, 0.15) is 0 Å². The summed E-state index contributed by atoms with van der Waals surface area (Å²) in [5, 5.41) is 2.29. The highest BCUT2D eigenvalue weighted by atomic mass is 32.1. The van der Waals surface area contributed by atoms with E-state index in [9.17, 15) is 0 Å². The Morgan fingerprint density at radius 3 is 2.86 bits per heavy atom. The first-order chi connectivity index (χ1) is 6.66. The second-order valence-corrected chi connectivity index (χ2v) is 5.79. The average molecular weight is 209 g/mol. The number of thiophene rings is 1. The maximum atomic E-state index is 6.19. The molecule has 2 N–H and O–H groups in total. The van der Waals surface area contributed by atoms with Crippen LogP contribution in [0.3, 0.4) is 0 Å². The van der Waals surface area contributed by atoms with Gasteiger partial charge in [-0.3, -0.25) is 0 Å². The van der Waals surface area contributed by atoms with E-state index >= 15 is 0 Å². The summed E-state index contributed by atoms with van der Waals surface area (Å²) < 4.78 is 0. The molecule has 0 bridgehead atoms. The first-order valence-electron chi connectivity index (χ1n) is 5.47. The molecule has 1 aromatic heterocycles. The third-order valence-electron chi connectivity index (χ3n) is 3.34. The minimum atomic E-state index is 0.389. The van der Waals surface area contributed by atoms with Crippen molar-refractivity contribution in [3.63, 3.8) is 0 Å². The molecule has 1 nitrogen and oxygen atoms in total. The Labute approximate surface area is 90.3 Å². The molecule has 3 unspecified atom stereocenters. The summed E-state index contributed by atoms with van der Waals surface area (Å²) >= 11 is 1.85. The third-order valence-corrected chi connectivity index (χ3v) is 4.22. The zero-order chi connectivity index (χ0) is 10.1. The molecule has 0 aliphatic heterocycles. The Balaban J connectivity index is 2.15. The fourth-order valence-corrected chi connectivity index (χ4v) is 3.21.